The Bertz CT molecular complexity index is 646. The van der Waals surface area contributed by atoms with Gasteiger partial charge in [-0.25, -0.2) is 8.78 Å². The van der Waals surface area contributed by atoms with Gasteiger partial charge in [0, 0.05) is 30.6 Å². The standard InChI is InChI=1S/C16H19F2NO5.Na/c1-16(2,3)24-15(23)9(7-14(21)22)6-13(20)19-10-4-5-11(17)12(18)8-10;/h4-5,8-9H,6-7H2,1-3H3,(H,19,20)(H,21,22);/q;+1/p-1. The monoisotopic (exact) mass is 365 g/mol. The molecule has 1 aromatic rings. The van der Waals surface area contributed by atoms with E-state index in [2.05, 4.69) is 5.32 Å². The van der Waals surface area contributed by atoms with Crippen LogP contribution in [-0.2, 0) is 19.1 Å². The molecule has 0 spiro atoms. The molecular formula is C16H18F2NNaO5. The summed E-state index contributed by atoms with van der Waals surface area (Å²) in [6.07, 6.45) is -1.19. The molecule has 0 heterocycles. The van der Waals surface area contributed by atoms with Crippen LogP contribution in [0.25, 0.3) is 0 Å². The fourth-order valence-electron chi connectivity index (χ4n) is 1.83. The summed E-state index contributed by atoms with van der Waals surface area (Å²) >= 11 is 0. The Hall–Kier alpha value is -1.51. The maximum Gasteiger partial charge on any atom is 1.00 e. The molecule has 0 saturated heterocycles. The molecule has 1 amide bonds. The molecule has 1 N–H and O–H groups in total. The van der Waals surface area contributed by atoms with E-state index in [1.165, 1.54) is 0 Å². The summed E-state index contributed by atoms with van der Waals surface area (Å²) in [5.41, 5.74) is -0.868. The van der Waals surface area contributed by atoms with Crippen LogP contribution in [0.3, 0.4) is 0 Å². The normalized spacial score (nSPS) is 11.9. The van der Waals surface area contributed by atoms with Crippen LogP contribution in [0.2, 0.25) is 0 Å². The predicted octanol–water partition coefficient (Wildman–Crippen LogP) is -1.60. The Balaban J connectivity index is 0.00000576. The van der Waals surface area contributed by atoms with Crippen LogP contribution >= 0.6 is 0 Å². The number of amides is 1. The number of hydrogen-bond acceptors (Lipinski definition) is 5. The zero-order valence-electron chi connectivity index (χ0n) is 14.5. The second-order valence-corrected chi connectivity index (χ2v) is 6.19. The van der Waals surface area contributed by atoms with Gasteiger partial charge in [0.25, 0.3) is 0 Å². The van der Waals surface area contributed by atoms with E-state index in [1.807, 2.05) is 0 Å². The van der Waals surface area contributed by atoms with Crippen molar-refractivity contribution in [3.05, 3.63) is 29.8 Å². The fourth-order valence-corrected chi connectivity index (χ4v) is 1.83. The molecule has 0 aromatic heterocycles. The first-order chi connectivity index (χ1) is 11.0. The molecule has 1 unspecified atom stereocenters. The number of hydrogen-bond donors (Lipinski definition) is 1. The maximum atomic E-state index is 13.1. The van der Waals surface area contributed by atoms with Crippen LogP contribution in [0, 0.1) is 17.6 Å². The van der Waals surface area contributed by atoms with E-state index < -0.39 is 53.8 Å². The quantitative estimate of drug-likeness (QED) is 0.484. The second kappa shape index (κ2) is 9.84. The smallest absolute Gasteiger partial charge is 0.550 e. The molecule has 0 radical (unpaired) electrons. The molecule has 9 heteroatoms. The van der Waals surface area contributed by atoms with E-state index in [0.717, 1.165) is 18.2 Å². The molecule has 0 aliphatic carbocycles. The third-order valence-corrected chi connectivity index (χ3v) is 2.79. The van der Waals surface area contributed by atoms with Gasteiger partial charge in [-0.05, 0) is 32.9 Å². The summed E-state index contributed by atoms with van der Waals surface area (Å²) in [4.78, 5) is 34.7. The Kier molecular flexibility index (Phi) is 9.24. The third kappa shape index (κ3) is 8.94. The summed E-state index contributed by atoms with van der Waals surface area (Å²) in [5.74, 6) is -6.57. The zero-order valence-corrected chi connectivity index (χ0v) is 16.5. The first-order valence-electron chi connectivity index (χ1n) is 7.15. The predicted molar refractivity (Wildman–Crippen MR) is 78.6 cm³/mol. The van der Waals surface area contributed by atoms with Crippen LogP contribution in [0.15, 0.2) is 18.2 Å². The van der Waals surface area contributed by atoms with Crippen molar-refractivity contribution >= 4 is 23.5 Å². The first kappa shape index (κ1) is 23.5. The van der Waals surface area contributed by atoms with Crippen molar-refractivity contribution in [2.75, 3.05) is 5.32 Å². The molecule has 0 aliphatic heterocycles. The minimum Gasteiger partial charge on any atom is -0.550 e. The van der Waals surface area contributed by atoms with Gasteiger partial charge in [-0.2, -0.15) is 0 Å². The zero-order chi connectivity index (χ0) is 18.5. The van der Waals surface area contributed by atoms with Gasteiger partial charge in [0.1, 0.15) is 5.60 Å². The Morgan fingerprint density at radius 2 is 1.76 bits per heavy atom. The number of anilines is 1. The van der Waals surface area contributed by atoms with Crippen LogP contribution < -0.4 is 40.0 Å². The topological polar surface area (TPSA) is 95.5 Å². The van der Waals surface area contributed by atoms with Crippen LogP contribution in [0.4, 0.5) is 14.5 Å². The van der Waals surface area contributed by atoms with Gasteiger partial charge in [0.2, 0.25) is 5.91 Å². The number of carbonyl (C=O) groups excluding carboxylic acids is 3. The molecular weight excluding hydrogens is 347 g/mol. The van der Waals surface area contributed by atoms with E-state index in [4.69, 9.17) is 4.74 Å². The van der Waals surface area contributed by atoms with Crippen LogP contribution in [0.1, 0.15) is 33.6 Å². The second-order valence-electron chi connectivity index (χ2n) is 6.19. The van der Waals surface area contributed by atoms with E-state index >= 15 is 0 Å². The van der Waals surface area contributed by atoms with Gasteiger partial charge in [-0.15, -0.1) is 0 Å². The number of rotatable bonds is 6. The summed E-state index contributed by atoms with van der Waals surface area (Å²) < 4.78 is 31.0. The number of benzene rings is 1. The van der Waals surface area contributed by atoms with Crippen molar-refractivity contribution in [1.82, 2.24) is 0 Å². The Morgan fingerprint density at radius 3 is 2.24 bits per heavy atom. The van der Waals surface area contributed by atoms with Gasteiger partial charge in [-0.1, -0.05) is 0 Å². The van der Waals surface area contributed by atoms with E-state index in [9.17, 15) is 28.3 Å². The van der Waals surface area contributed by atoms with Gasteiger partial charge in [0.05, 0.1) is 5.92 Å². The summed E-state index contributed by atoms with van der Waals surface area (Å²) in [6, 6.07) is 2.74. The summed E-state index contributed by atoms with van der Waals surface area (Å²) in [7, 11) is 0. The molecule has 0 aliphatic rings. The van der Waals surface area contributed by atoms with Crippen LogP contribution in [0.5, 0.6) is 0 Å². The molecule has 1 rings (SSSR count). The number of carboxylic acids is 1. The van der Waals surface area contributed by atoms with Crippen molar-refractivity contribution in [3.8, 4) is 0 Å². The molecule has 1 atom stereocenters. The van der Waals surface area contributed by atoms with Gasteiger partial charge < -0.3 is 20.0 Å². The number of carbonyl (C=O) groups is 3. The molecule has 1 aromatic carbocycles. The Labute approximate surface area is 166 Å². The molecule has 0 bridgehead atoms. The average molecular weight is 365 g/mol. The van der Waals surface area contributed by atoms with Crippen molar-refractivity contribution in [2.45, 2.75) is 39.2 Å². The van der Waals surface area contributed by atoms with E-state index in [1.54, 1.807) is 20.8 Å². The molecule has 6 nitrogen and oxygen atoms in total. The largest absolute Gasteiger partial charge is 1.00 e. The van der Waals surface area contributed by atoms with E-state index in [-0.39, 0.29) is 35.2 Å². The Morgan fingerprint density at radius 1 is 1.16 bits per heavy atom. The number of esters is 1. The van der Waals surface area contributed by atoms with E-state index in [0.29, 0.717) is 0 Å². The third-order valence-electron chi connectivity index (χ3n) is 2.79. The van der Waals surface area contributed by atoms with Crippen LogP contribution in [-0.4, -0.2) is 23.4 Å². The minimum absolute atomic E-state index is 0. The molecule has 132 valence electrons. The maximum absolute atomic E-state index is 13.1. The summed E-state index contributed by atoms with van der Waals surface area (Å²) in [6.45, 7) is 4.80. The number of halogens is 2. The molecule has 25 heavy (non-hydrogen) atoms. The van der Waals surface area contributed by atoms with Gasteiger partial charge >= 0.3 is 35.5 Å². The number of nitrogens with one attached hydrogen (secondary N) is 1. The summed E-state index contributed by atoms with van der Waals surface area (Å²) in [5, 5.41) is 13.0. The number of carboxylic acid groups (broad SMARTS) is 1. The molecule has 0 fully saturated rings. The van der Waals surface area contributed by atoms with Gasteiger partial charge in [0.15, 0.2) is 11.6 Å². The average Bonchev–Trinajstić information content (AvgIpc) is 2.39. The van der Waals surface area contributed by atoms with Crippen molar-refractivity contribution in [2.24, 2.45) is 5.92 Å². The molecule has 0 saturated carbocycles. The fraction of sp³-hybridized carbons (Fsp3) is 0.438. The number of ether oxygens (including phenoxy) is 1. The first-order valence-corrected chi connectivity index (χ1v) is 7.15. The number of aliphatic carboxylic acids is 1. The van der Waals surface area contributed by atoms with Crippen molar-refractivity contribution < 1.29 is 62.6 Å². The van der Waals surface area contributed by atoms with Gasteiger partial charge in [-0.3, -0.25) is 9.59 Å². The SMILES string of the molecule is CC(C)(C)OC(=O)C(CC(=O)[O-])CC(=O)Nc1ccc(F)c(F)c1.[Na+]. The van der Waals surface area contributed by atoms with Crippen molar-refractivity contribution in [3.63, 3.8) is 0 Å². The van der Waals surface area contributed by atoms with Crippen molar-refractivity contribution in [1.29, 1.82) is 0 Å². The minimum atomic E-state index is -1.51.